The minimum atomic E-state index is -0.675. The quantitative estimate of drug-likeness (QED) is 0.246. The van der Waals surface area contributed by atoms with Crippen molar-refractivity contribution < 1.29 is 33.3 Å². The Bertz CT molecular complexity index is 945. The van der Waals surface area contributed by atoms with Gasteiger partial charge in [0.25, 0.3) is 0 Å². The second-order valence-corrected chi connectivity index (χ2v) is 11.9. The molecule has 0 bridgehead atoms. The number of aromatic nitrogens is 1. The Morgan fingerprint density at radius 3 is 2.49 bits per heavy atom. The normalized spacial score (nSPS) is 19.0. The largest absolute Gasteiger partial charge is 0.476 e. The molecule has 1 aromatic heterocycles. The van der Waals surface area contributed by atoms with Crippen LogP contribution in [0.25, 0.3) is 0 Å². The highest BCUT2D eigenvalue weighted by atomic mass is 16.6. The highest BCUT2D eigenvalue weighted by molar-refractivity contribution is 5.92. The van der Waals surface area contributed by atoms with Crippen molar-refractivity contribution in [1.82, 2.24) is 10.3 Å². The number of hydrogen-bond donors (Lipinski definition) is 2. The molecule has 220 valence electrons. The lowest BCUT2D eigenvalue weighted by Gasteiger charge is -2.31. The Morgan fingerprint density at radius 2 is 1.90 bits per heavy atom. The lowest BCUT2D eigenvalue weighted by molar-refractivity contribution is -0.146. The number of hydrogen-bond acceptors (Lipinski definition) is 8. The van der Waals surface area contributed by atoms with Crippen molar-refractivity contribution >= 4 is 23.7 Å². The Balaban J connectivity index is 2.14. The number of alkyl carbamates (subject to hydrolysis) is 1. The van der Waals surface area contributed by atoms with Crippen molar-refractivity contribution in [3.8, 4) is 5.88 Å². The van der Waals surface area contributed by atoms with Gasteiger partial charge in [-0.25, -0.2) is 9.78 Å². The fourth-order valence-electron chi connectivity index (χ4n) is 4.51. The van der Waals surface area contributed by atoms with E-state index in [0.717, 1.165) is 0 Å². The van der Waals surface area contributed by atoms with Gasteiger partial charge in [-0.1, -0.05) is 27.7 Å². The summed E-state index contributed by atoms with van der Waals surface area (Å²) in [4.78, 5) is 42.7. The third-order valence-electron chi connectivity index (χ3n) is 6.74. The first-order valence-electron chi connectivity index (χ1n) is 13.9. The lowest BCUT2D eigenvalue weighted by atomic mass is 9.83. The van der Waals surface area contributed by atoms with Crippen LogP contribution in [0.5, 0.6) is 5.88 Å². The predicted octanol–water partition coefficient (Wildman–Crippen LogP) is 4.97. The molecular weight excluding hydrogens is 502 g/mol. The van der Waals surface area contributed by atoms with Gasteiger partial charge in [0.1, 0.15) is 17.4 Å². The number of carbonyl (C=O) groups excluding carboxylic acids is 3. The summed E-state index contributed by atoms with van der Waals surface area (Å²) in [5.41, 5.74) is -0.179. The van der Waals surface area contributed by atoms with Crippen molar-refractivity contribution in [2.24, 2.45) is 23.7 Å². The van der Waals surface area contributed by atoms with E-state index in [1.165, 1.54) is 0 Å². The van der Waals surface area contributed by atoms with Gasteiger partial charge in [-0.15, -0.1) is 0 Å². The molecular formula is C29H47N3O7. The molecule has 0 radical (unpaired) electrons. The zero-order chi connectivity index (χ0) is 29.2. The summed E-state index contributed by atoms with van der Waals surface area (Å²) in [6, 6.07) is 2.99. The first-order chi connectivity index (χ1) is 18.3. The lowest BCUT2D eigenvalue weighted by Crippen LogP contribution is -2.47. The number of amides is 2. The topological polar surface area (TPSA) is 125 Å². The van der Waals surface area contributed by atoms with E-state index >= 15 is 0 Å². The van der Waals surface area contributed by atoms with Gasteiger partial charge in [0.2, 0.25) is 11.8 Å². The van der Waals surface area contributed by atoms with Crippen LogP contribution in [0.3, 0.4) is 0 Å². The van der Waals surface area contributed by atoms with Crippen LogP contribution < -0.4 is 15.4 Å². The summed E-state index contributed by atoms with van der Waals surface area (Å²) in [6.07, 6.45) is 2.40. The van der Waals surface area contributed by atoms with Crippen LogP contribution in [0.2, 0.25) is 0 Å². The van der Waals surface area contributed by atoms with Crippen molar-refractivity contribution in [2.75, 3.05) is 25.6 Å². The third-order valence-corrected chi connectivity index (χ3v) is 6.74. The van der Waals surface area contributed by atoms with E-state index in [1.54, 1.807) is 46.2 Å². The fourth-order valence-corrected chi connectivity index (χ4v) is 4.51. The molecule has 0 aliphatic carbocycles. The number of cyclic esters (lactones) is 1. The predicted molar refractivity (Wildman–Crippen MR) is 148 cm³/mol. The average Bonchev–Trinajstić information content (AvgIpc) is 3.22. The van der Waals surface area contributed by atoms with E-state index in [4.69, 9.17) is 18.9 Å². The first-order valence-corrected chi connectivity index (χ1v) is 13.9. The van der Waals surface area contributed by atoms with Crippen LogP contribution in [0.1, 0.15) is 74.1 Å². The molecule has 1 saturated heterocycles. The van der Waals surface area contributed by atoms with Gasteiger partial charge in [0, 0.05) is 32.8 Å². The van der Waals surface area contributed by atoms with Gasteiger partial charge < -0.3 is 29.6 Å². The van der Waals surface area contributed by atoms with Gasteiger partial charge >= 0.3 is 12.1 Å². The smallest absolute Gasteiger partial charge is 0.408 e. The van der Waals surface area contributed by atoms with Crippen molar-refractivity contribution in [3.63, 3.8) is 0 Å². The highest BCUT2D eigenvalue weighted by Crippen LogP contribution is 2.33. The van der Waals surface area contributed by atoms with E-state index < -0.39 is 23.8 Å². The summed E-state index contributed by atoms with van der Waals surface area (Å²) in [5, 5.41) is 5.86. The number of pyridine rings is 1. The van der Waals surface area contributed by atoms with Crippen LogP contribution in [0.4, 0.5) is 10.5 Å². The summed E-state index contributed by atoms with van der Waals surface area (Å²) < 4.78 is 22.0. The Hall–Kier alpha value is -2.88. The molecule has 2 amide bonds. The standard InChI is InChI=1S/C29H47N3O7/c1-18(2)20(16-25(33)31-22-11-9-12-30-26(22)37-14-10-13-36-8)15-23(32-28(35)39-29(5,6)7)24-17-21(19(3)4)27(34)38-24/h9,11-12,18-21,23-24H,10,13-17H2,1-8H3,(H,31,33)(H,32,35)/t20-,21+,23+,24-/m1/s1. The van der Waals surface area contributed by atoms with Crippen molar-refractivity contribution in [1.29, 1.82) is 0 Å². The zero-order valence-electron chi connectivity index (χ0n) is 24.7. The van der Waals surface area contributed by atoms with Gasteiger partial charge in [0.15, 0.2) is 0 Å². The Morgan fingerprint density at radius 1 is 1.18 bits per heavy atom. The average molecular weight is 550 g/mol. The Kier molecular flexibility index (Phi) is 12.5. The number of ether oxygens (including phenoxy) is 4. The van der Waals surface area contributed by atoms with E-state index in [9.17, 15) is 14.4 Å². The first kappa shape index (κ1) is 32.3. The number of nitrogens with one attached hydrogen (secondary N) is 2. The number of nitrogens with zero attached hydrogens (tertiary/aromatic N) is 1. The molecule has 1 aliphatic rings. The molecule has 4 atom stereocenters. The molecule has 2 N–H and O–H groups in total. The van der Waals surface area contributed by atoms with Crippen LogP contribution in [0.15, 0.2) is 18.3 Å². The van der Waals surface area contributed by atoms with Crippen LogP contribution in [-0.4, -0.2) is 61.0 Å². The zero-order valence-corrected chi connectivity index (χ0v) is 24.7. The molecule has 0 aromatic carbocycles. The molecule has 0 unspecified atom stereocenters. The van der Waals surface area contributed by atoms with Crippen LogP contribution >= 0.6 is 0 Å². The molecule has 0 spiro atoms. The highest BCUT2D eigenvalue weighted by Gasteiger charge is 2.42. The number of carbonyl (C=O) groups is 3. The molecule has 0 saturated carbocycles. The van der Waals surface area contributed by atoms with Crippen LogP contribution in [-0.2, 0) is 23.8 Å². The van der Waals surface area contributed by atoms with Gasteiger partial charge in [0.05, 0.1) is 18.6 Å². The summed E-state index contributed by atoms with van der Waals surface area (Å²) in [5.74, 6) is -0.180. The monoisotopic (exact) mass is 549 g/mol. The number of anilines is 1. The molecule has 2 heterocycles. The number of esters is 1. The SMILES string of the molecule is COCCCOc1ncccc1NC(=O)C[C@@H](C[C@H](NC(=O)OC(C)(C)C)[C@H]1C[C@@H](C(C)C)C(=O)O1)C(C)C. The summed E-state index contributed by atoms with van der Waals surface area (Å²) in [6.45, 7) is 14.4. The maximum Gasteiger partial charge on any atom is 0.408 e. The van der Waals surface area contributed by atoms with E-state index in [2.05, 4.69) is 15.6 Å². The molecule has 39 heavy (non-hydrogen) atoms. The minimum Gasteiger partial charge on any atom is -0.476 e. The summed E-state index contributed by atoms with van der Waals surface area (Å²) in [7, 11) is 1.63. The molecule has 1 fully saturated rings. The van der Waals surface area contributed by atoms with Crippen molar-refractivity contribution in [2.45, 2.75) is 91.9 Å². The minimum absolute atomic E-state index is 0.107. The van der Waals surface area contributed by atoms with E-state index in [1.807, 2.05) is 27.7 Å². The molecule has 10 heteroatoms. The maximum absolute atomic E-state index is 13.2. The maximum atomic E-state index is 13.2. The third kappa shape index (κ3) is 11.0. The number of rotatable bonds is 14. The second kappa shape index (κ2) is 15.1. The Labute approximate surface area is 232 Å². The van der Waals surface area contributed by atoms with Gasteiger partial charge in [-0.2, -0.15) is 0 Å². The van der Waals surface area contributed by atoms with Crippen LogP contribution in [0, 0.1) is 23.7 Å². The van der Waals surface area contributed by atoms with Gasteiger partial charge in [-0.3, -0.25) is 9.59 Å². The molecule has 1 aromatic rings. The number of methoxy groups -OCH3 is 1. The molecule has 10 nitrogen and oxygen atoms in total. The molecule has 2 rings (SSSR count). The molecule has 1 aliphatic heterocycles. The van der Waals surface area contributed by atoms with E-state index in [-0.39, 0.29) is 42.0 Å². The van der Waals surface area contributed by atoms with E-state index in [0.29, 0.717) is 44.0 Å². The van der Waals surface area contributed by atoms with Gasteiger partial charge in [-0.05, 0) is 63.5 Å². The van der Waals surface area contributed by atoms with Crippen molar-refractivity contribution in [3.05, 3.63) is 18.3 Å². The summed E-state index contributed by atoms with van der Waals surface area (Å²) >= 11 is 0. The fraction of sp³-hybridized carbons (Fsp3) is 0.724. The second-order valence-electron chi connectivity index (χ2n) is 11.9.